The third kappa shape index (κ3) is 1.83. The molecular formula is C9H9N5O. The molecule has 0 fully saturated rings. The summed E-state index contributed by atoms with van der Waals surface area (Å²) in [5.74, 6) is 1.16. The number of anilines is 1. The quantitative estimate of drug-likeness (QED) is 0.765. The van der Waals surface area contributed by atoms with Crippen molar-refractivity contribution < 1.29 is 4.74 Å². The summed E-state index contributed by atoms with van der Waals surface area (Å²) in [6.45, 7) is 0. The summed E-state index contributed by atoms with van der Waals surface area (Å²) in [5, 5.41) is 0. The highest BCUT2D eigenvalue weighted by Gasteiger charge is 2.10. The van der Waals surface area contributed by atoms with E-state index in [1.54, 1.807) is 18.5 Å². The lowest BCUT2D eigenvalue weighted by molar-refractivity contribution is 0.397. The average Bonchev–Trinajstić information content (AvgIpc) is 2.29. The van der Waals surface area contributed by atoms with Gasteiger partial charge in [0.2, 0.25) is 5.88 Å². The van der Waals surface area contributed by atoms with Gasteiger partial charge in [-0.05, 0) is 6.07 Å². The van der Waals surface area contributed by atoms with E-state index in [1.807, 2.05) is 0 Å². The Morgan fingerprint density at radius 3 is 2.67 bits per heavy atom. The molecule has 76 valence electrons. The van der Waals surface area contributed by atoms with Crippen LogP contribution in [0.5, 0.6) is 5.88 Å². The van der Waals surface area contributed by atoms with E-state index in [0.29, 0.717) is 23.2 Å². The normalized spacial score (nSPS) is 9.93. The molecule has 0 amide bonds. The zero-order valence-corrected chi connectivity index (χ0v) is 8.08. The Hall–Kier alpha value is -2.24. The third-order valence-electron chi connectivity index (χ3n) is 1.75. The number of rotatable bonds is 2. The first-order valence-corrected chi connectivity index (χ1v) is 4.25. The molecule has 0 unspecified atom stereocenters. The van der Waals surface area contributed by atoms with Crippen molar-refractivity contribution in [3.63, 3.8) is 0 Å². The Labute approximate surface area is 86.2 Å². The van der Waals surface area contributed by atoms with Crippen LogP contribution >= 0.6 is 0 Å². The molecule has 0 aliphatic carbocycles. The molecule has 2 aromatic rings. The monoisotopic (exact) mass is 203 g/mol. The molecule has 0 saturated carbocycles. The smallest absolute Gasteiger partial charge is 0.243 e. The van der Waals surface area contributed by atoms with Crippen LogP contribution in [-0.2, 0) is 0 Å². The van der Waals surface area contributed by atoms with Crippen molar-refractivity contribution in [3.8, 4) is 17.4 Å². The van der Waals surface area contributed by atoms with E-state index < -0.39 is 0 Å². The summed E-state index contributed by atoms with van der Waals surface area (Å²) in [6, 6.07) is 1.60. The molecule has 0 aliphatic heterocycles. The Morgan fingerprint density at radius 2 is 1.93 bits per heavy atom. The number of hydrogen-bond donors (Lipinski definition) is 1. The van der Waals surface area contributed by atoms with Crippen molar-refractivity contribution in [2.75, 3.05) is 12.8 Å². The van der Waals surface area contributed by atoms with Crippen molar-refractivity contribution in [2.24, 2.45) is 0 Å². The number of methoxy groups -OCH3 is 1. The first-order chi connectivity index (χ1) is 7.31. The fourth-order valence-electron chi connectivity index (χ4n) is 1.11. The molecule has 6 heteroatoms. The molecule has 0 spiro atoms. The van der Waals surface area contributed by atoms with Crippen LogP contribution in [0, 0.1) is 0 Å². The standard InChI is InChI=1S/C9H9N5O/c1-15-9-7(11-4-5-13-9)8-12-3-2-6(10)14-8/h2-5H,1H3,(H2,10,12,14). The van der Waals surface area contributed by atoms with E-state index in [1.165, 1.54) is 13.3 Å². The topological polar surface area (TPSA) is 86.8 Å². The highest BCUT2D eigenvalue weighted by atomic mass is 16.5. The molecule has 2 aromatic heterocycles. The lowest BCUT2D eigenvalue weighted by atomic mass is 10.4. The third-order valence-corrected chi connectivity index (χ3v) is 1.75. The fraction of sp³-hybridized carbons (Fsp3) is 0.111. The van der Waals surface area contributed by atoms with Gasteiger partial charge in [-0.15, -0.1) is 0 Å². The van der Waals surface area contributed by atoms with Gasteiger partial charge in [0.05, 0.1) is 7.11 Å². The first kappa shape index (κ1) is 9.32. The van der Waals surface area contributed by atoms with Crippen molar-refractivity contribution >= 4 is 5.82 Å². The van der Waals surface area contributed by atoms with Gasteiger partial charge in [-0.3, -0.25) is 0 Å². The lowest BCUT2D eigenvalue weighted by Gasteiger charge is -2.04. The minimum absolute atomic E-state index is 0.378. The number of ether oxygens (including phenoxy) is 1. The molecule has 2 heterocycles. The maximum atomic E-state index is 5.55. The Kier molecular flexibility index (Phi) is 2.40. The second-order valence-electron chi connectivity index (χ2n) is 2.72. The minimum Gasteiger partial charge on any atom is -0.479 e. The van der Waals surface area contributed by atoms with Gasteiger partial charge in [-0.25, -0.2) is 19.9 Å². The van der Waals surface area contributed by atoms with Crippen molar-refractivity contribution in [1.29, 1.82) is 0 Å². The van der Waals surface area contributed by atoms with E-state index in [4.69, 9.17) is 10.5 Å². The Balaban J connectivity index is 2.53. The summed E-state index contributed by atoms with van der Waals surface area (Å²) in [7, 11) is 1.51. The van der Waals surface area contributed by atoms with Gasteiger partial charge in [-0.2, -0.15) is 0 Å². The van der Waals surface area contributed by atoms with Crippen molar-refractivity contribution in [1.82, 2.24) is 19.9 Å². The van der Waals surface area contributed by atoms with Crippen LogP contribution in [0.4, 0.5) is 5.82 Å². The minimum atomic E-state index is 0.378. The van der Waals surface area contributed by atoms with Crippen LogP contribution in [0.3, 0.4) is 0 Å². The second kappa shape index (κ2) is 3.87. The first-order valence-electron chi connectivity index (χ1n) is 4.25. The van der Waals surface area contributed by atoms with E-state index in [-0.39, 0.29) is 0 Å². The van der Waals surface area contributed by atoms with E-state index in [0.717, 1.165) is 0 Å². The fourth-order valence-corrected chi connectivity index (χ4v) is 1.11. The van der Waals surface area contributed by atoms with Gasteiger partial charge in [0.15, 0.2) is 11.5 Å². The molecule has 0 aromatic carbocycles. The zero-order valence-electron chi connectivity index (χ0n) is 8.08. The van der Waals surface area contributed by atoms with Crippen LogP contribution in [0.2, 0.25) is 0 Å². The van der Waals surface area contributed by atoms with E-state index in [2.05, 4.69) is 19.9 Å². The van der Waals surface area contributed by atoms with Crippen LogP contribution in [0.25, 0.3) is 11.5 Å². The summed E-state index contributed by atoms with van der Waals surface area (Å²) in [6.07, 6.45) is 4.64. The molecule has 0 aliphatic rings. The van der Waals surface area contributed by atoms with Gasteiger partial charge in [0.25, 0.3) is 0 Å². The molecular weight excluding hydrogens is 194 g/mol. The number of hydrogen-bond acceptors (Lipinski definition) is 6. The highest BCUT2D eigenvalue weighted by Crippen LogP contribution is 2.21. The molecule has 0 atom stereocenters. The SMILES string of the molecule is COc1nccnc1-c1nccc(N)n1. The van der Waals surface area contributed by atoms with Crippen molar-refractivity contribution in [3.05, 3.63) is 24.7 Å². The van der Waals surface area contributed by atoms with Crippen LogP contribution < -0.4 is 10.5 Å². The lowest BCUT2D eigenvalue weighted by Crippen LogP contribution is -1.99. The summed E-state index contributed by atoms with van der Waals surface area (Å²) >= 11 is 0. The summed E-state index contributed by atoms with van der Waals surface area (Å²) in [4.78, 5) is 16.2. The van der Waals surface area contributed by atoms with Gasteiger partial charge in [0.1, 0.15) is 5.82 Å². The van der Waals surface area contributed by atoms with Gasteiger partial charge in [-0.1, -0.05) is 0 Å². The predicted molar refractivity (Wildman–Crippen MR) is 54.0 cm³/mol. The maximum Gasteiger partial charge on any atom is 0.243 e. The highest BCUT2D eigenvalue weighted by molar-refractivity contribution is 5.56. The number of nitrogens with zero attached hydrogens (tertiary/aromatic N) is 4. The van der Waals surface area contributed by atoms with Crippen LogP contribution in [0.1, 0.15) is 0 Å². The van der Waals surface area contributed by atoms with Gasteiger partial charge < -0.3 is 10.5 Å². The van der Waals surface area contributed by atoms with Gasteiger partial charge >= 0.3 is 0 Å². The van der Waals surface area contributed by atoms with Crippen LogP contribution in [0.15, 0.2) is 24.7 Å². The van der Waals surface area contributed by atoms with Crippen molar-refractivity contribution in [2.45, 2.75) is 0 Å². The van der Waals surface area contributed by atoms with Gasteiger partial charge in [0, 0.05) is 18.6 Å². The van der Waals surface area contributed by atoms with E-state index in [9.17, 15) is 0 Å². The molecule has 0 radical (unpaired) electrons. The van der Waals surface area contributed by atoms with E-state index >= 15 is 0 Å². The Bertz CT molecular complexity index is 474. The van der Waals surface area contributed by atoms with Crippen LogP contribution in [-0.4, -0.2) is 27.0 Å². The predicted octanol–water partition coefficient (Wildman–Crippen LogP) is 0.524. The molecule has 2 rings (SSSR count). The molecule has 0 bridgehead atoms. The maximum absolute atomic E-state index is 5.55. The number of nitrogens with two attached hydrogens (primary N) is 1. The number of aromatic nitrogens is 4. The molecule has 0 saturated heterocycles. The second-order valence-corrected chi connectivity index (χ2v) is 2.72. The largest absolute Gasteiger partial charge is 0.479 e. The summed E-state index contributed by atoms with van der Waals surface area (Å²) in [5.41, 5.74) is 6.03. The number of nitrogen functional groups attached to an aromatic ring is 1. The average molecular weight is 203 g/mol. The molecule has 2 N–H and O–H groups in total. The zero-order chi connectivity index (χ0) is 10.7. The molecule has 15 heavy (non-hydrogen) atoms. The molecule has 6 nitrogen and oxygen atoms in total. The summed E-state index contributed by atoms with van der Waals surface area (Å²) < 4.78 is 5.05. The Morgan fingerprint density at radius 1 is 1.13 bits per heavy atom.